The van der Waals surface area contributed by atoms with E-state index in [0.29, 0.717) is 0 Å². The van der Waals surface area contributed by atoms with E-state index >= 15 is 0 Å². The van der Waals surface area contributed by atoms with E-state index in [9.17, 15) is 0 Å². The summed E-state index contributed by atoms with van der Waals surface area (Å²) in [7, 11) is 0. The summed E-state index contributed by atoms with van der Waals surface area (Å²) in [6, 6.07) is 0. The average Bonchev–Trinajstić information content (AvgIpc) is 2.62. The summed E-state index contributed by atoms with van der Waals surface area (Å²) < 4.78 is 5.82. The van der Waals surface area contributed by atoms with Gasteiger partial charge in [0.15, 0.2) is 5.96 Å². The zero-order valence-corrected chi connectivity index (χ0v) is 19.2. The van der Waals surface area contributed by atoms with Crippen molar-refractivity contribution in [3.05, 3.63) is 0 Å². The minimum Gasteiger partial charge on any atom is -0.381 e. The minimum absolute atomic E-state index is 0. The summed E-state index contributed by atoms with van der Waals surface area (Å²) in [5.74, 6) is 2.12. The second-order valence-electron chi connectivity index (χ2n) is 6.75. The summed E-state index contributed by atoms with van der Waals surface area (Å²) >= 11 is 2.06. The van der Waals surface area contributed by atoms with Crippen molar-refractivity contribution in [1.82, 2.24) is 15.5 Å². The van der Waals surface area contributed by atoms with E-state index in [4.69, 9.17) is 9.73 Å². The number of hydrogen-bond donors (Lipinski definition) is 2. The molecule has 0 unspecified atom stereocenters. The van der Waals surface area contributed by atoms with E-state index < -0.39 is 0 Å². The normalized spacial score (nSPS) is 21.4. The molecule has 2 rings (SSSR count). The number of likely N-dealkylation sites (tertiary alicyclic amines) is 1. The van der Waals surface area contributed by atoms with E-state index in [0.717, 1.165) is 63.9 Å². The van der Waals surface area contributed by atoms with E-state index in [2.05, 4.69) is 41.1 Å². The van der Waals surface area contributed by atoms with Crippen LogP contribution in [0.3, 0.4) is 0 Å². The Morgan fingerprint density at radius 1 is 1.12 bits per heavy atom. The first-order valence-corrected chi connectivity index (χ1v) is 10.7. The topological polar surface area (TPSA) is 48.9 Å². The van der Waals surface area contributed by atoms with Crippen LogP contribution in [0.5, 0.6) is 0 Å². The smallest absolute Gasteiger partial charge is 0.191 e. The molecule has 0 spiro atoms. The number of aliphatic imine (C=N–C) groups is 1. The Labute approximate surface area is 175 Å². The van der Waals surface area contributed by atoms with E-state index in [1.807, 2.05) is 0 Å². The van der Waals surface area contributed by atoms with Crippen molar-refractivity contribution in [2.45, 2.75) is 50.7 Å². The van der Waals surface area contributed by atoms with Crippen LogP contribution in [0.15, 0.2) is 4.99 Å². The molecule has 0 aromatic rings. The number of halogens is 1. The highest BCUT2D eigenvalue weighted by Crippen LogP contribution is 2.35. The molecule has 0 atom stereocenters. The van der Waals surface area contributed by atoms with Crippen LogP contribution in [-0.4, -0.2) is 73.8 Å². The molecule has 25 heavy (non-hydrogen) atoms. The van der Waals surface area contributed by atoms with E-state index in [-0.39, 0.29) is 28.7 Å². The van der Waals surface area contributed by atoms with Crippen LogP contribution in [0.4, 0.5) is 0 Å². The lowest BCUT2D eigenvalue weighted by Gasteiger charge is -2.35. The van der Waals surface area contributed by atoms with Gasteiger partial charge in [0.25, 0.3) is 0 Å². The van der Waals surface area contributed by atoms with Gasteiger partial charge in [0, 0.05) is 37.6 Å². The first-order valence-electron chi connectivity index (χ1n) is 9.74. The monoisotopic (exact) mass is 484 g/mol. The number of ether oxygens (including phenoxy) is 1. The molecular weight excluding hydrogens is 447 g/mol. The second kappa shape index (κ2) is 13.4. The maximum atomic E-state index is 5.56. The van der Waals surface area contributed by atoms with Gasteiger partial charge >= 0.3 is 0 Å². The molecule has 0 aromatic heterocycles. The lowest BCUT2D eigenvalue weighted by molar-refractivity contribution is 0.0793. The maximum absolute atomic E-state index is 5.56. The van der Waals surface area contributed by atoms with Gasteiger partial charge in [-0.1, -0.05) is 13.3 Å². The Hall–Kier alpha value is 0.270. The molecule has 148 valence electrons. The highest BCUT2D eigenvalue weighted by atomic mass is 127. The summed E-state index contributed by atoms with van der Waals surface area (Å²) in [6.07, 6.45) is 6.33. The van der Waals surface area contributed by atoms with Crippen molar-refractivity contribution in [2.24, 2.45) is 4.99 Å². The van der Waals surface area contributed by atoms with Gasteiger partial charge in [0.05, 0.1) is 6.54 Å². The highest BCUT2D eigenvalue weighted by molar-refractivity contribution is 14.0. The minimum atomic E-state index is 0. The molecule has 2 heterocycles. The van der Waals surface area contributed by atoms with Gasteiger partial charge in [-0.05, 0) is 51.4 Å². The molecule has 0 saturated carbocycles. The number of rotatable bonds is 8. The van der Waals surface area contributed by atoms with Gasteiger partial charge in [-0.3, -0.25) is 4.99 Å². The van der Waals surface area contributed by atoms with Crippen LogP contribution < -0.4 is 10.6 Å². The van der Waals surface area contributed by atoms with Crippen molar-refractivity contribution < 1.29 is 4.74 Å². The van der Waals surface area contributed by atoms with E-state index in [1.54, 1.807) is 0 Å². The fourth-order valence-electron chi connectivity index (χ4n) is 3.48. The third-order valence-corrected chi connectivity index (χ3v) is 6.33. The maximum Gasteiger partial charge on any atom is 0.191 e. The standard InChI is InChI=1S/C18H36N4OS.HI/c1-3-19-17(20-10-13-22-11-6-5-7-12-22)21-16-18(24-4-2)8-14-23-15-9-18;/h3-16H2,1-2H3,(H2,19,20,21);1H. The lowest BCUT2D eigenvalue weighted by Crippen LogP contribution is -2.44. The molecule has 2 fully saturated rings. The quantitative estimate of drug-likeness (QED) is 0.315. The summed E-state index contributed by atoms with van der Waals surface area (Å²) in [6.45, 7) is 12.5. The summed E-state index contributed by atoms with van der Waals surface area (Å²) in [4.78, 5) is 7.47. The van der Waals surface area contributed by atoms with E-state index in [1.165, 1.54) is 32.4 Å². The molecular formula is C18H37IN4OS. The molecule has 0 bridgehead atoms. The first kappa shape index (κ1) is 23.3. The fourth-order valence-corrected chi connectivity index (χ4v) is 4.70. The van der Waals surface area contributed by atoms with Crippen LogP contribution in [0.25, 0.3) is 0 Å². The molecule has 2 aliphatic rings. The number of nitrogens with one attached hydrogen (secondary N) is 2. The van der Waals surface area contributed by atoms with Crippen LogP contribution in [-0.2, 0) is 4.74 Å². The molecule has 0 aliphatic carbocycles. The predicted molar refractivity (Wildman–Crippen MR) is 121 cm³/mol. The van der Waals surface area contributed by atoms with Crippen LogP contribution in [0, 0.1) is 0 Å². The number of nitrogens with zero attached hydrogens (tertiary/aromatic N) is 2. The van der Waals surface area contributed by atoms with Crippen molar-refractivity contribution in [1.29, 1.82) is 0 Å². The Balaban J connectivity index is 0.00000312. The van der Waals surface area contributed by atoms with Crippen LogP contribution in [0.2, 0.25) is 0 Å². The van der Waals surface area contributed by atoms with Gasteiger partial charge in [0.1, 0.15) is 0 Å². The van der Waals surface area contributed by atoms with Crippen molar-refractivity contribution in [2.75, 3.05) is 58.2 Å². The molecule has 0 aromatic carbocycles. The lowest BCUT2D eigenvalue weighted by atomic mass is 9.99. The van der Waals surface area contributed by atoms with Gasteiger partial charge in [-0.25, -0.2) is 0 Å². The third kappa shape index (κ3) is 8.67. The fraction of sp³-hybridized carbons (Fsp3) is 0.944. The Morgan fingerprint density at radius 2 is 1.84 bits per heavy atom. The van der Waals surface area contributed by atoms with Gasteiger partial charge < -0.3 is 20.3 Å². The predicted octanol–water partition coefficient (Wildman–Crippen LogP) is 2.95. The van der Waals surface area contributed by atoms with Crippen LogP contribution >= 0.6 is 35.7 Å². The molecule has 2 aliphatic heterocycles. The Bertz CT molecular complexity index is 367. The third-order valence-electron chi connectivity index (χ3n) is 4.89. The number of piperidine rings is 1. The zero-order valence-electron chi connectivity index (χ0n) is 16.0. The molecule has 5 nitrogen and oxygen atoms in total. The van der Waals surface area contributed by atoms with Crippen molar-refractivity contribution in [3.8, 4) is 0 Å². The highest BCUT2D eigenvalue weighted by Gasteiger charge is 2.32. The number of guanidine groups is 1. The number of hydrogen-bond acceptors (Lipinski definition) is 4. The van der Waals surface area contributed by atoms with Gasteiger partial charge in [0.2, 0.25) is 0 Å². The van der Waals surface area contributed by atoms with Gasteiger partial charge in [-0.2, -0.15) is 11.8 Å². The molecule has 0 radical (unpaired) electrons. The van der Waals surface area contributed by atoms with Crippen molar-refractivity contribution in [3.63, 3.8) is 0 Å². The molecule has 0 amide bonds. The molecule has 7 heteroatoms. The first-order chi connectivity index (χ1) is 11.8. The largest absolute Gasteiger partial charge is 0.381 e. The Kier molecular flexibility index (Phi) is 12.5. The van der Waals surface area contributed by atoms with Crippen molar-refractivity contribution >= 4 is 41.7 Å². The van der Waals surface area contributed by atoms with Gasteiger partial charge in [-0.15, -0.1) is 24.0 Å². The summed E-state index contributed by atoms with van der Waals surface area (Å²) in [5.41, 5.74) is 0. The summed E-state index contributed by atoms with van der Waals surface area (Å²) in [5, 5.41) is 6.92. The Morgan fingerprint density at radius 3 is 2.48 bits per heavy atom. The molecule has 2 saturated heterocycles. The second-order valence-corrected chi connectivity index (χ2v) is 8.48. The SMILES string of the molecule is CCNC(=NCC1(SCC)CCOCC1)NCCN1CCCCC1.I. The average molecular weight is 484 g/mol. The number of thioether (sulfide) groups is 1. The zero-order chi connectivity index (χ0) is 17.1. The molecule has 2 N–H and O–H groups in total. The van der Waals surface area contributed by atoms with Crippen LogP contribution in [0.1, 0.15) is 46.0 Å².